The van der Waals surface area contributed by atoms with Crippen molar-refractivity contribution in [1.29, 1.82) is 0 Å². The van der Waals surface area contributed by atoms with Gasteiger partial charge in [0.15, 0.2) is 0 Å². The molecule has 1 aliphatic carbocycles. The fourth-order valence-electron chi connectivity index (χ4n) is 3.01. The minimum Gasteiger partial charge on any atom is -0.330 e. The first kappa shape index (κ1) is 8.89. The van der Waals surface area contributed by atoms with Gasteiger partial charge in [-0.2, -0.15) is 11.8 Å². The van der Waals surface area contributed by atoms with Crippen molar-refractivity contribution in [2.24, 2.45) is 28.9 Å². The topological polar surface area (TPSA) is 26.0 Å². The van der Waals surface area contributed by atoms with Crippen molar-refractivity contribution < 1.29 is 0 Å². The average molecular weight is 185 g/mol. The summed E-state index contributed by atoms with van der Waals surface area (Å²) < 4.78 is 0. The molecule has 12 heavy (non-hydrogen) atoms. The third kappa shape index (κ3) is 1.20. The van der Waals surface area contributed by atoms with Crippen molar-refractivity contribution in [2.45, 2.75) is 20.3 Å². The molecule has 0 spiro atoms. The summed E-state index contributed by atoms with van der Waals surface area (Å²) in [6.45, 7) is 5.68. The molecule has 0 radical (unpaired) electrons. The third-order valence-electron chi connectivity index (χ3n) is 3.87. The van der Waals surface area contributed by atoms with Gasteiger partial charge in [-0.25, -0.2) is 0 Å². The van der Waals surface area contributed by atoms with Gasteiger partial charge in [-0.15, -0.1) is 0 Å². The lowest BCUT2D eigenvalue weighted by Gasteiger charge is -2.08. The molecule has 3 atom stereocenters. The van der Waals surface area contributed by atoms with Crippen LogP contribution in [-0.2, 0) is 0 Å². The van der Waals surface area contributed by atoms with Crippen molar-refractivity contribution >= 4 is 11.8 Å². The van der Waals surface area contributed by atoms with Gasteiger partial charge in [0.05, 0.1) is 0 Å². The highest BCUT2D eigenvalue weighted by atomic mass is 32.2. The van der Waals surface area contributed by atoms with Crippen LogP contribution in [0.25, 0.3) is 0 Å². The molecule has 1 heterocycles. The van der Waals surface area contributed by atoms with Crippen LogP contribution in [0.15, 0.2) is 0 Å². The molecule has 2 fully saturated rings. The third-order valence-corrected chi connectivity index (χ3v) is 5.05. The molecule has 2 aliphatic rings. The van der Waals surface area contributed by atoms with Crippen LogP contribution >= 0.6 is 11.8 Å². The minimum absolute atomic E-state index is 0.560. The number of hydrogen-bond donors (Lipinski definition) is 1. The van der Waals surface area contributed by atoms with Crippen LogP contribution in [0.5, 0.6) is 0 Å². The Morgan fingerprint density at radius 2 is 2.25 bits per heavy atom. The molecule has 0 bridgehead atoms. The van der Waals surface area contributed by atoms with E-state index >= 15 is 0 Å². The fraction of sp³-hybridized carbons (Fsp3) is 1.00. The largest absolute Gasteiger partial charge is 0.330 e. The van der Waals surface area contributed by atoms with Crippen LogP contribution in [0, 0.1) is 23.2 Å². The van der Waals surface area contributed by atoms with Gasteiger partial charge in [0.25, 0.3) is 0 Å². The van der Waals surface area contributed by atoms with E-state index in [1.54, 1.807) is 0 Å². The van der Waals surface area contributed by atoms with E-state index in [1.165, 1.54) is 17.9 Å². The Balaban J connectivity index is 1.97. The van der Waals surface area contributed by atoms with E-state index in [2.05, 4.69) is 25.6 Å². The quantitative estimate of drug-likeness (QED) is 0.712. The fourth-order valence-corrected chi connectivity index (χ4v) is 4.32. The highest BCUT2D eigenvalue weighted by Gasteiger charge is 2.59. The van der Waals surface area contributed by atoms with Gasteiger partial charge in [0.1, 0.15) is 0 Å². The Bertz CT molecular complexity index is 173. The lowest BCUT2D eigenvalue weighted by atomic mass is 9.97. The van der Waals surface area contributed by atoms with Crippen molar-refractivity contribution in [3.05, 3.63) is 0 Å². The molecule has 70 valence electrons. The minimum atomic E-state index is 0.560. The Morgan fingerprint density at radius 3 is 2.67 bits per heavy atom. The van der Waals surface area contributed by atoms with E-state index in [0.29, 0.717) is 5.41 Å². The standard InChI is InChI=1S/C10H19NS/c1-10(2)8(5-11)9(10)7-3-4-12-6-7/h7-9H,3-6,11H2,1-2H3/t7?,8-,9-/m0/s1. The van der Waals surface area contributed by atoms with E-state index < -0.39 is 0 Å². The molecular formula is C10H19NS. The Labute approximate surface area is 79.5 Å². The second-order valence-corrected chi connectivity index (χ2v) is 5.96. The molecule has 1 saturated heterocycles. The summed E-state index contributed by atoms with van der Waals surface area (Å²) in [6, 6.07) is 0. The molecule has 2 rings (SSSR count). The highest BCUT2D eigenvalue weighted by molar-refractivity contribution is 7.99. The van der Waals surface area contributed by atoms with Crippen molar-refractivity contribution in [1.82, 2.24) is 0 Å². The van der Waals surface area contributed by atoms with Gasteiger partial charge in [-0.3, -0.25) is 0 Å². The zero-order valence-corrected chi connectivity index (χ0v) is 8.86. The Hall–Kier alpha value is 0.310. The number of rotatable bonds is 2. The van der Waals surface area contributed by atoms with Crippen LogP contribution in [-0.4, -0.2) is 18.1 Å². The van der Waals surface area contributed by atoms with Crippen LogP contribution in [0.1, 0.15) is 20.3 Å². The summed E-state index contributed by atoms with van der Waals surface area (Å²) >= 11 is 2.12. The molecule has 2 N–H and O–H groups in total. The normalized spacial score (nSPS) is 44.8. The van der Waals surface area contributed by atoms with Gasteiger partial charge in [-0.05, 0) is 47.6 Å². The smallest absolute Gasteiger partial charge is 0.00359 e. The van der Waals surface area contributed by atoms with E-state index in [-0.39, 0.29) is 0 Å². The van der Waals surface area contributed by atoms with Crippen LogP contribution in [0.2, 0.25) is 0 Å². The van der Waals surface area contributed by atoms with Crippen molar-refractivity contribution in [3.63, 3.8) is 0 Å². The zero-order valence-electron chi connectivity index (χ0n) is 8.05. The lowest BCUT2D eigenvalue weighted by Crippen LogP contribution is -2.08. The second kappa shape index (κ2) is 2.91. The number of hydrogen-bond acceptors (Lipinski definition) is 2. The summed E-state index contributed by atoms with van der Waals surface area (Å²) in [5.41, 5.74) is 6.32. The molecule has 1 unspecified atom stereocenters. The highest BCUT2D eigenvalue weighted by Crippen LogP contribution is 2.63. The first-order valence-corrected chi connectivity index (χ1v) is 6.11. The lowest BCUT2D eigenvalue weighted by molar-refractivity contribution is 0.430. The van der Waals surface area contributed by atoms with Gasteiger partial charge >= 0.3 is 0 Å². The molecule has 1 aliphatic heterocycles. The molecule has 0 aromatic carbocycles. The summed E-state index contributed by atoms with van der Waals surface area (Å²) in [4.78, 5) is 0. The molecule has 0 amide bonds. The van der Waals surface area contributed by atoms with E-state index in [9.17, 15) is 0 Å². The number of thioether (sulfide) groups is 1. The molecular weight excluding hydrogens is 166 g/mol. The van der Waals surface area contributed by atoms with Gasteiger partial charge in [0, 0.05) is 0 Å². The zero-order chi connectivity index (χ0) is 8.77. The summed E-state index contributed by atoms with van der Waals surface area (Å²) in [7, 11) is 0. The van der Waals surface area contributed by atoms with E-state index in [1.807, 2.05) is 0 Å². The Morgan fingerprint density at radius 1 is 1.50 bits per heavy atom. The molecule has 0 aromatic rings. The van der Waals surface area contributed by atoms with E-state index in [0.717, 1.165) is 24.3 Å². The molecule has 1 nitrogen and oxygen atoms in total. The predicted octanol–water partition coefficient (Wildman–Crippen LogP) is 1.97. The molecule has 2 heteroatoms. The predicted molar refractivity (Wildman–Crippen MR) is 55.2 cm³/mol. The summed E-state index contributed by atoms with van der Waals surface area (Å²) in [5, 5.41) is 0. The molecule has 1 saturated carbocycles. The van der Waals surface area contributed by atoms with Crippen molar-refractivity contribution in [2.75, 3.05) is 18.1 Å². The monoisotopic (exact) mass is 185 g/mol. The van der Waals surface area contributed by atoms with E-state index in [4.69, 9.17) is 5.73 Å². The summed E-state index contributed by atoms with van der Waals surface area (Å²) in [5.74, 6) is 5.52. The second-order valence-electron chi connectivity index (χ2n) is 4.81. The maximum atomic E-state index is 5.76. The van der Waals surface area contributed by atoms with Crippen molar-refractivity contribution in [3.8, 4) is 0 Å². The molecule has 0 aromatic heterocycles. The van der Waals surface area contributed by atoms with Crippen LogP contribution < -0.4 is 5.73 Å². The first-order valence-electron chi connectivity index (χ1n) is 4.95. The Kier molecular flexibility index (Phi) is 2.16. The maximum Gasteiger partial charge on any atom is -0.00359 e. The summed E-state index contributed by atoms with van der Waals surface area (Å²) in [6.07, 6.45) is 1.44. The average Bonchev–Trinajstić information content (AvgIpc) is 2.50. The number of nitrogens with two attached hydrogens (primary N) is 1. The SMILES string of the molecule is CC1(C)[C@@H](CN)[C@@H]1C1CCSC1. The van der Waals surface area contributed by atoms with Gasteiger partial charge in [0.2, 0.25) is 0 Å². The van der Waals surface area contributed by atoms with Gasteiger partial charge < -0.3 is 5.73 Å². The van der Waals surface area contributed by atoms with Crippen LogP contribution in [0.3, 0.4) is 0 Å². The maximum absolute atomic E-state index is 5.76. The van der Waals surface area contributed by atoms with Crippen LogP contribution in [0.4, 0.5) is 0 Å². The van der Waals surface area contributed by atoms with Gasteiger partial charge in [-0.1, -0.05) is 13.8 Å². The first-order chi connectivity index (χ1) is 5.68.